The van der Waals surface area contributed by atoms with Gasteiger partial charge in [-0.3, -0.25) is 0 Å². The van der Waals surface area contributed by atoms with E-state index in [0.29, 0.717) is 12.0 Å². The molecule has 3 aromatic rings. The first-order valence-corrected chi connectivity index (χ1v) is 9.33. The van der Waals surface area contributed by atoms with Crippen molar-refractivity contribution in [1.82, 2.24) is 20.2 Å². The molecule has 1 aliphatic rings. The van der Waals surface area contributed by atoms with Crippen LogP contribution in [-0.2, 0) is 4.74 Å². The fourth-order valence-corrected chi connectivity index (χ4v) is 4.04. The lowest BCUT2D eigenvalue weighted by molar-refractivity contribution is -0.936. The van der Waals surface area contributed by atoms with Crippen molar-refractivity contribution in [3.8, 4) is 5.69 Å². The maximum Gasteiger partial charge on any atom is 0.247 e. The number of benzene rings is 1. The summed E-state index contributed by atoms with van der Waals surface area (Å²) in [5.41, 5.74) is 0.946. The minimum Gasteiger partial charge on any atom is -0.370 e. The van der Waals surface area contributed by atoms with Gasteiger partial charge in [0, 0.05) is 0 Å². The summed E-state index contributed by atoms with van der Waals surface area (Å²) in [5, 5.41) is 17.7. The minimum absolute atomic E-state index is 0.366. The lowest BCUT2D eigenvalue weighted by Gasteiger charge is -2.31. The lowest BCUT2D eigenvalue weighted by atomic mass is 10.2. The molecule has 3 heterocycles. The number of quaternary nitrogens is 1. The van der Waals surface area contributed by atoms with E-state index in [2.05, 4.69) is 38.4 Å². The molecule has 0 bridgehead atoms. The highest BCUT2D eigenvalue weighted by molar-refractivity contribution is 7.10. The van der Waals surface area contributed by atoms with Crippen molar-refractivity contribution in [3.05, 3.63) is 52.7 Å². The Bertz CT molecular complexity index is 770. The number of morpholine rings is 1. The molecule has 0 saturated carbocycles. The Hall–Kier alpha value is -2.29. The van der Waals surface area contributed by atoms with Crippen LogP contribution in [0.3, 0.4) is 0 Å². The average Bonchev–Trinajstić information content (AvgIpc) is 3.36. The van der Waals surface area contributed by atoms with Crippen molar-refractivity contribution in [2.75, 3.05) is 38.2 Å². The number of hydrogen-bond donors (Lipinski definition) is 2. The van der Waals surface area contributed by atoms with Crippen LogP contribution in [0.5, 0.6) is 0 Å². The number of tetrazole rings is 1. The Morgan fingerprint density at radius 3 is 2.76 bits per heavy atom. The van der Waals surface area contributed by atoms with Crippen molar-refractivity contribution in [2.45, 2.75) is 6.04 Å². The van der Waals surface area contributed by atoms with Crippen LogP contribution in [0.2, 0.25) is 0 Å². The molecule has 130 valence electrons. The smallest absolute Gasteiger partial charge is 0.247 e. The van der Waals surface area contributed by atoms with E-state index in [0.717, 1.165) is 38.5 Å². The molecule has 1 aliphatic heterocycles. The second-order valence-electron chi connectivity index (χ2n) is 5.97. The van der Waals surface area contributed by atoms with Gasteiger partial charge < -0.3 is 15.0 Å². The fraction of sp³-hybridized carbons (Fsp3) is 0.353. The van der Waals surface area contributed by atoms with Gasteiger partial charge in [0.05, 0.1) is 30.3 Å². The minimum atomic E-state index is 0.366. The monoisotopic (exact) mass is 357 g/mol. The van der Waals surface area contributed by atoms with E-state index in [9.17, 15) is 0 Å². The molecule has 8 heteroatoms. The fourth-order valence-electron chi connectivity index (χ4n) is 3.15. The number of rotatable bonds is 6. The SMILES string of the molecule is c1ccc(-n2nnnc2NC[C@H](c2cccs2)[NH+]2CCOCC2)cc1. The number of nitrogens with one attached hydrogen (secondary N) is 2. The maximum atomic E-state index is 5.52. The van der Waals surface area contributed by atoms with Crippen molar-refractivity contribution < 1.29 is 9.64 Å². The van der Waals surface area contributed by atoms with E-state index in [4.69, 9.17) is 4.74 Å². The molecular formula is C17H21N6OS+. The summed E-state index contributed by atoms with van der Waals surface area (Å²) in [4.78, 5) is 2.92. The highest BCUT2D eigenvalue weighted by Crippen LogP contribution is 2.18. The van der Waals surface area contributed by atoms with E-state index in [1.165, 1.54) is 4.88 Å². The third-order valence-electron chi connectivity index (χ3n) is 4.45. The molecule has 0 radical (unpaired) electrons. The first-order valence-electron chi connectivity index (χ1n) is 8.45. The number of nitrogens with zero attached hydrogens (tertiary/aromatic N) is 4. The lowest BCUT2D eigenvalue weighted by Crippen LogP contribution is -3.14. The van der Waals surface area contributed by atoms with Gasteiger partial charge in [-0.1, -0.05) is 29.4 Å². The number of para-hydroxylation sites is 1. The predicted molar refractivity (Wildman–Crippen MR) is 96.2 cm³/mol. The molecule has 1 fully saturated rings. The molecule has 0 spiro atoms. The Morgan fingerprint density at radius 2 is 2.00 bits per heavy atom. The summed E-state index contributed by atoms with van der Waals surface area (Å²) in [7, 11) is 0. The summed E-state index contributed by atoms with van der Waals surface area (Å²) in [5.74, 6) is 0.667. The van der Waals surface area contributed by atoms with Crippen molar-refractivity contribution in [3.63, 3.8) is 0 Å². The molecule has 0 amide bonds. The Balaban J connectivity index is 1.51. The molecule has 1 aromatic carbocycles. The van der Waals surface area contributed by atoms with Gasteiger partial charge >= 0.3 is 0 Å². The second-order valence-corrected chi connectivity index (χ2v) is 6.95. The zero-order chi connectivity index (χ0) is 16.9. The number of hydrogen-bond acceptors (Lipinski definition) is 6. The summed E-state index contributed by atoms with van der Waals surface area (Å²) in [6, 6.07) is 14.6. The van der Waals surface area contributed by atoms with Gasteiger partial charge in [0.1, 0.15) is 19.1 Å². The first kappa shape index (κ1) is 16.2. The van der Waals surface area contributed by atoms with Gasteiger partial charge in [-0.15, -0.1) is 11.3 Å². The van der Waals surface area contributed by atoms with Crippen LogP contribution in [0.1, 0.15) is 10.9 Å². The molecule has 2 aromatic heterocycles. The van der Waals surface area contributed by atoms with Gasteiger partial charge in [0.2, 0.25) is 5.95 Å². The molecular weight excluding hydrogens is 336 g/mol. The van der Waals surface area contributed by atoms with Crippen LogP contribution in [0, 0.1) is 0 Å². The van der Waals surface area contributed by atoms with Crippen molar-refractivity contribution in [2.24, 2.45) is 0 Å². The molecule has 2 N–H and O–H groups in total. The summed E-state index contributed by atoms with van der Waals surface area (Å²) < 4.78 is 7.26. The summed E-state index contributed by atoms with van der Waals surface area (Å²) in [6.45, 7) is 4.46. The molecule has 1 atom stereocenters. The molecule has 4 rings (SSSR count). The number of thiophene rings is 1. The van der Waals surface area contributed by atoms with Crippen LogP contribution >= 0.6 is 11.3 Å². The number of aromatic nitrogens is 4. The third-order valence-corrected chi connectivity index (χ3v) is 5.44. The second kappa shape index (κ2) is 7.73. The van der Waals surface area contributed by atoms with Crippen LogP contribution in [0.15, 0.2) is 47.8 Å². The Labute approximate surface area is 150 Å². The van der Waals surface area contributed by atoms with Crippen molar-refractivity contribution in [1.29, 1.82) is 0 Å². The molecule has 25 heavy (non-hydrogen) atoms. The first-order chi connectivity index (χ1) is 12.4. The van der Waals surface area contributed by atoms with Crippen LogP contribution in [0.4, 0.5) is 5.95 Å². The predicted octanol–water partition coefficient (Wildman–Crippen LogP) is 0.792. The summed E-state index contributed by atoms with van der Waals surface area (Å²) in [6.07, 6.45) is 0. The number of anilines is 1. The largest absolute Gasteiger partial charge is 0.370 e. The van der Waals surface area contributed by atoms with Gasteiger partial charge in [-0.05, 0) is 34.0 Å². The summed E-state index contributed by atoms with van der Waals surface area (Å²) >= 11 is 1.80. The van der Waals surface area contributed by atoms with Crippen LogP contribution in [0.25, 0.3) is 5.69 Å². The maximum absolute atomic E-state index is 5.52. The molecule has 1 saturated heterocycles. The van der Waals surface area contributed by atoms with E-state index in [1.54, 1.807) is 20.9 Å². The number of ether oxygens (including phenoxy) is 1. The average molecular weight is 357 g/mol. The van der Waals surface area contributed by atoms with Crippen LogP contribution in [-0.4, -0.2) is 53.1 Å². The van der Waals surface area contributed by atoms with E-state index >= 15 is 0 Å². The normalized spacial score (nSPS) is 16.6. The van der Waals surface area contributed by atoms with E-state index < -0.39 is 0 Å². The van der Waals surface area contributed by atoms with Crippen LogP contribution < -0.4 is 10.2 Å². The van der Waals surface area contributed by atoms with Crippen molar-refractivity contribution >= 4 is 17.3 Å². The molecule has 7 nitrogen and oxygen atoms in total. The van der Waals surface area contributed by atoms with Gasteiger partial charge in [0.25, 0.3) is 0 Å². The standard InChI is InChI=1S/C17H20N6OS/c1-2-5-14(6-3-1)23-17(19-20-21-23)18-13-15(16-7-4-12-25-16)22-8-10-24-11-9-22/h1-7,12,15H,8-11,13H2,(H,18,19,21)/p+1/t15-/m1/s1. The molecule has 0 unspecified atom stereocenters. The van der Waals surface area contributed by atoms with E-state index in [-0.39, 0.29) is 0 Å². The van der Waals surface area contributed by atoms with Gasteiger partial charge in [-0.25, -0.2) is 0 Å². The zero-order valence-corrected chi connectivity index (χ0v) is 14.7. The molecule has 0 aliphatic carbocycles. The topological polar surface area (TPSA) is 69.3 Å². The highest BCUT2D eigenvalue weighted by atomic mass is 32.1. The Kier molecular flexibility index (Phi) is 5.01. The Morgan fingerprint density at radius 1 is 1.16 bits per heavy atom. The van der Waals surface area contributed by atoms with Gasteiger partial charge in [0.15, 0.2) is 0 Å². The third kappa shape index (κ3) is 3.71. The van der Waals surface area contributed by atoms with E-state index in [1.807, 2.05) is 30.3 Å². The zero-order valence-electron chi connectivity index (χ0n) is 13.8. The van der Waals surface area contributed by atoms with Gasteiger partial charge in [-0.2, -0.15) is 4.68 Å². The highest BCUT2D eigenvalue weighted by Gasteiger charge is 2.27. The quantitative estimate of drug-likeness (QED) is 0.683.